The average Bonchev–Trinajstić information content (AvgIpc) is 3.46. The van der Waals surface area contributed by atoms with Crippen LogP contribution in [0.1, 0.15) is 438 Å². The molecule has 1 atom stereocenters. The van der Waals surface area contributed by atoms with E-state index in [-0.39, 0.29) is 31.1 Å². The quantitative estimate of drug-likeness (QED) is 0.0343. The Bertz CT molecular complexity index is 1200. The highest BCUT2D eigenvalue weighted by Gasteiger charge is 2.20. The van der Waals surface area contributed by atoms with Gasteiger partial charge in [-0.05, 0) is 19.3 Å². The third-order valence-corrected chi connectivity index (χ3v) is 17.4. The van der Waals surface area contributed by atoms with Crippen molar-refractivity contribution in [2.24, 2.45) is 0 Å². The predicted octanol–water partition coefficient (Wildman–Crippen LogP) is 25.4. The SMILES string of the molecule is CCCCCCCCCCCCCCCCCCCCCCCCCC(=O)OCC(COC(=O)CCCCCCCCCCCCCCCCCCCC)OC(=O)CCCCCCCCCCCCCCCCCCCCCCC. The van der Waals surface area contributed by atoms with Crippen LogP contribution < -0.4 is 0 Å². The molecule has 0 aromatic rings. The molecule has 0 saturated carbocycles. The van der Waals surface area contributed by atoms with Gasteiger partial charge >= 0.3 is 17.9 Å². The second kappa shape index (κ2) is 69.9. The third kappa shape index (κ3) is 67.2. The van der Waals surface area contributed by atoms with Crippen LogP contribution in [0, 0.1) is 0 Å². The first kappa shape index (κ1) is 78.4. The Balaban J connectivity index is 4.25. The maximum absolute atomic E-state index is 13.0. The molecule has 0 radical (unpaired) electrons. The number of esters is 3. The van der Waals surface area contributed by atoms with Gasteiger partial charge in [-0.15, -0.1) is 0 Å². The van der Waals surface area contributed by atoms with E-state index in [1.54, 1.807) is 0 Å². The Hall–Kier alpha value is -1.59. The predicted molar refractivity (Wildman–Crippen MR) is 349 cm³/mol. The lowest BCUT2D eigenvalue weighted by Gasteiger charge is -2.18. The molecule has 0 rings (SSSR count). The Kier molecular flexibility index (Phi) is 68.5. The zero-order chi connectivity index (χ0) is 57.8. The van der Waals surface area contributed by atoms with Crippen molar-refractivity contribution in [2.45, 2.75) is 444 Å². The van der Waals surface area contributed by atoms with Crippen LogP contribution in [-0.4, -0.2) is 37.2 Å². The lowest BCUT2D eigenvalue weighted by Crippen LogP contribution is -2.30. The smallest absolute Gasteiger partial charge is 0.306 e. The molecule has 1 unspecified atom stereocenters. The van der Waals surface area contributed by atoms with Gasteiger partial charge in [-0.2, -0.15) is 0 Å². The lowest BCUT2D eigenvalue weighted by atomic mass is 10.0. The fourth-order valence-electron chi connectivity index (χ4n) is 11.8. The van der Waals surface area contributed by atoms with Gasteiger partial charge in [-0.3, -0.25) is 14.4 Å². The van der Waals surface area contributed by atoms with Crippen LogP contribution in [0.5, 0.6) is 0 Å². The summed E-state index contributed by atoms with van der Waals surface area (Å²) in [5.74, 6) is -0.814. The average molecular weight is 1130 g/mol. The first-order valence-corrected chi connectivity index (χ1v) is 37.0. The highest BCUT2D eigenvalue weighted by Crippen LogP contribution is 2.20. The first-order chi connectivity index (χ1) is 39.5. The van der Waals surface area contributed by atoms with Crippen LogP contribution in [0.3, 0.4) is 0 Å². The molecule has 80 heavy (non-hydrogen) atoms. The van der Waals surface area contributed by atoms with E-state index in [4.69, 9.17) is 14.2 Å². The molecule has 0 fully saturated rings. The van der Waals surface area contributed by atoms with Gasteiger partial charge in [-0.1, -0.05) is 400 Å². The van der Waals surface area contributed by atoms with Gasteiger partial charge in [0.25, 0.3) is 0 Å². The Labute approximate surface area is 501 Å². The molecule has 0 aliphatic carbocycles. The summed E-state index contributed by atoms with van der Waals surface area (Å²) >= 11 is 0. The van der Waals surface area contributed by atoms with E-state index < -0.39 is 6.10 Å². The van der Waals surface area contributed by atoms with Crippen molar-refractivity contribution >= 4 is 17.9 Å². The molecule has 476 valence electrons. The first-order valence-electron chi connectivity index (χ1n) is 37.0. The zero-order valence-corrected chi connectivity index (χ0v) is 54.9. The minimum absolute atomic E-state index is 0.0598. The summed E-state index contributed by atoms with van der Waals surface area (Å²) in [6.07, 6.45) is 82.8. The van der Waals surface area contributed by atoms with Crippen molar-refractivity contribution in [3.8, 4) is 0 Å². The summed E-state index contributed by atoms with van der Waals surface area (Å²) in [6, 6.07) is 0. The van der Waals surface area contributed by atoms with Crippen molar-refractivity contribution in [2.75, 3.05) is 13.2 Å². The van der Waals surface area contributed by atoms with E-state index in [9.17, 15) is 14.4 Å². The monoisotopic (exact) mass is 1130 g/mol. The van der Waals surface area contributed by atoms with Crippen LogP contribution in [-0.2, 0) is 28.6 Å². The van der Waals surface area contributed by atoms with Crippen molar-refractivity contribution in [3.63, 3.8) is 0 Å². The van der Waals surface area contributed by atoms with E-state index in [2.05, 4.69) is 20.8 Å². The minimum Gasteiger partial charge on any atom is -0.462 e. The van der Waals surface area contributed by atoms with Gasteiger partial charge in [0.2, 0.25) is 0 Å². The summed E-state index contributed by atoms with van der Waals surface area (Å²) in [6.45, 7) is 6.76. The number of hydrogen-bond acceptors (Lipinski definition) is 6. The summed E-state index contributed by atoms with van der Waals surface area (Å²) in [5, 5.41) is 0. The van der Waals surface area contributed by atoms with Gasteiger partial charge in [0.1, 0.15) is 13.2 Å². The number of carbonyl (C=O) groups is 3. The lowest BCUT2D eigenvalue weighted by molar-refractivity contribution is -0.167. The largest absolute Gasteiger partial charge is 0.462 e. The van der Waals surface area contributed by atoms with Gasteiger partial charge < -0.3 is 14.2 Å². The number of ether oxygens (including phenoxy) is 3. The minimum atomic E-state index is -0.764. The van der Waals surface area contributed by atoms with E-state index >= 15 is 0 Å². The van der Waals surface area contributed by atoms with Crippen molar-refractivity contribution in [1.29, 1.82) is 0 Å². The van der Waals surface area contributed by atoms with Gasteiger partial charge in [0.05, 0.1) is 0 Å². The molecular weight excluding hydrogens is 985 g/mol. The number of hydrogen-bond donors (Lipinski definition) is 0. The van der Waals surface area contributed by atoms with Crippen LogP contribution >= 0.6 is 0 Å². The summed E-state index contributed by atoms with van der Waals surface area (Å²) in [4.78, 5) is 38.5. The van der Waals surface area contributed by atoms with E-state index in [0.717, 1.165) is 57.8 Å². The van der Waals surface area contributed by atoms with Crippen LogP contribution in [0.15, 0.2) is 0 Å². The molecule has 6 nitrogen and oxygen atoms in total. The van der Waals surface area contributed by atoms with E-state index in [0.29, 0.717) is 19.3 Å². The topological polar surface area (TPSA) is 78.9 Å². The third-order valence-electron chi connectivity index (χ3n) is 17.4. The summed E-state index contributed by atoms with van der Waals surface area (Å²) in [5.41, 5.74) is 0. The Morgan fingerprint density at radius 1 is 0.200 bits per heavy atom. The zero-order valence-electron chi connectivity index (χ0n) is 54.9. The number of unbranched alkanes of at least 4 members (excludes halogenated alkanes) is 59. The fraction of sp³-hybridized carbons (Fsp3) is 0.959. The second-order valence-electron chi connectivity index (χ2n) is 25.6. The molecule has 0 aromatic carbocycles. The summed E-state index contributed by atoms with van der Waals surface area (Å²) < 4.78 is 17.1. The van der Waals surface area contributed by atoms with Crippen molar-refractivity contribution in [3.05, 3.63) is 0 Å². The Morgan fingerprint density at radius 2 is 0.338 bits per heavy atom. The standard InChI is InChI=1S/C74H144O6/c1-4-7-10-13-16-19-22-25-28-31-34-36-37-39-40-43-46-49-52-55-58-61-64-67-73(76)79-70-71(69-78-72(75)66-63-60-57-54-51-48-45-42-33-30-27-24-21-18-15-12-9-6-3)80-74(77)68-65-62-59-56-53-50-47-44-41-38-35-32-29-26-23-20-17-14-11-8-5-2/h71H,4-70H2,1-3H3. The van der Waals surface area contributed by atoms with E-state index in [1.165, 1.54) is 340 Å². The molecular formula is C74H144O6. The van der Waals surface area contributed by atoms with Gasteiger partial charge in [0, 0.05) is 19.3 Å². The molecule has 0 amide bonds. The highest BCUT2D eigenvalue weighted by molar-refractivity contribution is 5.71. The van der Waals surface area contributed by atoms with Crippen molar-refractivity contribution in [1.82, 2.24) is 0 Å². The number of rotatable bonds is 70. The van der Waals surface area contributed by atoms with Crippen molar-refractivity contribution < 1.29 is 28.6 Å². The molecule has 0 aliphatic rings. The maximum Gasteiger partial charge on any atom is 0.306 e. The van der Waals surface area contributed by atoms with Crippen LogP contribution in [0.4, 0.5) is 0 Å². The Morgan fingerprint density at radius 3 is 0.500 bits per heavy atom. The van der Waals surface area contributed by atoms with Crippen LogP contribution in [0.25, 0.3) is 0 Å². The van der Waals surface area contributed by atoms with Gasteiger partial charge in [-0.25, -0.2) is 0 Å². The fourth-order valence-corrected chi connectivity index (χ4v) is 11.8. The maximum atomic E-state index is 13.0. The molecule has 0 spiro atoms. The molecule has 6 heteroatoms. The second-order valence-corrected chi connectivity index (χ2v) is 25.6. The molecule has 0 aromatic heterocycles. The molecule has 0 bridgehead atoms. The summed E-state index contributed by atoms with van der Waals surface area (Å²) in [7, 11) is 0. The molecule has 0 aliphatic heterocycles. The highest BCUT2D eigenvalue weighted by atomic mass is 16.6. The molecule has 0 saturated heterocycles. The number of carbonyl (C=O) groups excluding carboxylic acids is 3. The normalized spacial score (nSPS) is 11.9. The van der Waals surface area contributed by atoms with Gasteiger partial charge in [0.15, 0.2) is 6.10 Å². The van der Waals surface area contributed by atoms with E-state index in [1.807, 2.05) is 0 Å². The molecule has 0 heterocycles. The molecule has 0 N–H and O–H groups in total. The van der Waals surface area contributed by atoms with Crippen LogP contribution in [0.2, 0.25) is 0 Å².